The Hall–Kier alpha value is -3.51. The third-order valence-corrected chi connectivity index (χ3v) is 6.53. The average molecular weight is 492 g/mol. The molecule has 0 fully saturated rings. The summed E-state index contributed by atoms with van der Waals surface area (Å²) in [5, 5.41) is 0.777. The summed E-state index contributed by atoms with van der Waals surface area (Å²) in [5.41, 5.74) is 1.16. The second-order valence-electron chi connectivity index (χ2n) is 8.71. The van der Waals surface area contributed by atoms with Gasteiger partial charge < -0.3 is 18.5 Å². The number of furan rings is 1. The summed E-state index contributed by atoms with van der Waals surface area (Å²) in [6.45, 7) is 3.04. The Morgan fingerprint density at radius 3 is 2.60 bits per heavy atom. The van der Waals surface area contributed by atoms with Gasteiger partial charge in [-0.25, -0.2) is 0 Å². The molecule has 1 aliphatic heterocycles. The molecule has 1 amide bonds. The van der Waals surface area contributed by atoms with Crippen molar-refractivity contribution in [3.05, 3.63) is 98.8 Å². The van der Waals surface area contributed by atoms with E-state index in [1.165, 1.54) is 12.8 Å². The first kappa shape index (κ1) is 23.2. The number of hydrogen-bond donors (Lipinski definition) is 0. The lowest BCUT2D eigenvalue weighted by atomic mass is 9.98. The second-order valence-corrected chi connectivity index (χ2v) is 9.14. The number of ether oxygens (including phenoxy) is 1. The molecule has 0 bridgehead atoms. The summed E-state index contributed by atoms with van der Waals surface area (Å²) in [5.74, 6) is 1.07. The maximum absolute atomic E-state index is 13.6. The number of rotatable bonds is 9. The zero-order chi connectivity index (χ0) is 24.4. The first-order chi connectivity index (χ1) is 17.1. The fraction of sp³-hybridized carbons (Fsp3) is 0.286. The van der Waals surface area contributed by atoms with Gasteiger partial charge in [-0.05, 0) is 54.4 Å². The lowest BCUT2D eigenvalue weighted by Crippen LogP contribution is -2.29. The number of amides is 1. The van der Waals surface area contributed by atoms with E-state index in [0.717, 1.165) is 24.2 Å². The zero-order valence-corrected chi connectivity index (χ0v) is 20.2. The van der Waals surface area contributed by atoms with Gasteiger partial charge in [0.2, 0.25) is 5.76 Å². The van der Waals surface area contributed by atoms with E-state index in [1.807, 2.05) is 24.3 Å². The van der Waals surface area contributed by atoms with Crippen LogP contribution in [0.15, 0.2) is 74.5 Å². The highest BCUT2D eigenvalue weighted by molar-refractivity contribution is 6.31. The highest BCUT2D eigenvalue weighted by Gasteiger charge is 2.43. The van der Waals surface area contributed by atoms with Crippen LogP contribution in [0.2, 0.25) is 5.02 Å². The van der Waals surface area contributed by atoms with Gasteiger partial charge in [0.1, 0.15) is 17.1 Å². The van der Waals surface area contributed by atoms with Gasteiger partial charge in [0.15, 0.2) is 5.43 Å². The molecule has 3 heterocycles. The van der Waals surface area contributed by atoms with Crippen LogP contribution in [0, 0.1) is 0 Å². The molecule has 4 aromatic rings. The highest BCUT2D eigenvalue weighted by Crippen LogP contribution is 2.39. The number of hydrogen-bond acceptors (Lipinski definition) is 5. The quantitative estimate of drug-likeness (QED) is 0.242. The predicted octanol–water partition coefficient (Wildman–Crippen LogP) is 6.74. The smallest absolute Gasteiger partial charge is 0.291 e. The molecule has 6 nitrogen and oxygen atoms in total. The number of halogens is 1. The van der Waals surface area contributed by atoms with E-state index in [-0.39, 0.29) is 23.6 Å². The molecule has 2 aromatic carbocycles. The molecular formula is C28H26ClNO5. The Bertz CT molecular complexity index is 1390. The van der Waals surface area contributed by atoms with Crippen LogP contribution in [0.4, 0.5) is 0 Å². The van der Waals surface area contributed by atoms with Gasteiger partial charge in [0, 0.05) is 5.02 Å². The van der Waals surface area contributed by atoms with Crippen molar-refractivity contribution in [3.63, 3.8) is 0 Å². The molecule has 0 spiro atoms. The summed E-state index contributed by atoms with van der Waals surface area (Å²) in [4.78, 5) is 28.7. The van der Waals surface area contributed by atoms with E-state index in [1.54, 1.807) is 41.5 Å². The van der Waals surface area contributed by atoms with Crippen LogP contribution in [0.25, 0.3) is 11.0 Å². The van der Waals surface area contributed by atoms with Crippen LogP contribution in [0.3, 0.4) is 0 Å². The van der Waals surface area contributed by atoms with E-state index in [2.05, 4.69) is 6.92 Å². The van der Waals surface area contributed by atoms with Crippen molar-refractivity contribution in [2.24, 2.45) is 0 Å². The first-order valence-electron chi connectivity index (χ1n) is 11.9. The molecule has 35 heavy (non-hydrogen) atoms. The maximum atomic E-state index is 13.6. The zero-order valence-electron chi connectivity index (χ0n) is 19.5. The Kier molecular flexibility index (Phi) is 6.64. The largest absolute Gasteiger partial charge is 0.494 e. The van der Waals surface area contributed by atoms with E-state index in [4.69, 9.17) is 25.2 Å². The van der Waals surface area contributed by atoms with Crippen LogP contribution in [0.5, 0.6) is 5.75 Å². The van der Waals surface area contributed by atoms with Crippen LogP contribution in [-0.4, -0.2) is 17.4 Å². The lowest BCUT2D eigenvalue weighted by Gasteiger charge is -2.24. The Morgan fingerprint density at radius 2 is 1.86 bits per heavy atom. The highest BCUT2D eigenvalue weighted by atomic mass is 35.5. The number of nitrogens with zero attached hydrogens (tertiary/aromatic N) is 1. The molecule has 0 aliphatic carbocycles. The van der Waals surface area contributed by atoms with Gasteiger partial charge in [-0.1, -0.05) is 49.9 Å². The Balaban J connectivity index is 1.52. The molecule has 1 unspecified atom stereocenters. The summed E-state index contributed by atoms with van der Waals surface area (Å²) in [6.07, 6.45) is 6.09. The Morgan fingerprint density at radius 1 is 1.03 bits per heavy atom. The summed E-state index contributed by atoms with van der Waals surface area (Å²) >= 11 is 6.15. The SMILES string of the molecule is CCCCCCOc1ccc(C2c3c(oc4ccc(Cl)cc4c3=O)C(=O)N2Cc2ccco2)cc1. The van der Waals surface area contributed by atoms with E-state index >= 15 is 0 Å². The van der Waals surface area contributed by atoms with Gasteiger partial charge >= 0.3 is 0 Å². The Labute approximate surface area is 208 Å². The number of carbonyl (C=O) groups is 1. The average Bonchev–Trinajstić information content (AvgIpc) is 3.47. The minimum absolute atomic E-state index is 0.0534. The number of fused-ring (bicyclic) bond motifs is 2. The van der Waals surface area contributed by atoms with Gasteiger partial charge in [-0.3, -0.25) is 9.59 Å². The van der Waals surface area contributed by atoms with Crippen LogP contribution in [-0.2, 0) is 6.54 Å². The third kappa shape index (κ3) is 4.58. The van der Waals surface area contributed by atoms with E-state index in [9.17, 15) is 9.59 Å². The fourth-order valence-corrected chi connectivity index (χ4v) is 4.71. The van der Waals surface area contributed by atoms with Crippen molar-refractivity contribution in [1.82, 2.24) is 4.90 Å². The molecule has 0 saturated carbocycles. The predicted molar refractivity (Wildman–Crippen MR) is 134 cm³/mol. The van der Waals surface area contributed by atoms with Gasteiger partial charge in [-0.15, -0.1) is 0 Å². The minimum atomic E-state index is -0.624. The fourth-order valence-electron chi connectivity index (χ4n) is 4.54. The topological polar surface area (TPSA) is 72.9 Å². The normalized spacial score (nSPS) is 15.1. The molecule has 2 aromatic heterocycles. The standard InChI is InChI=1S/C28H26ClNO5/c1-2-3-4-5-14-33-20-11-8-18(9-12-20)25-24-26(31)22-16-19(29)10-13-23(22)35-27(24)28(32)30(25)17-21-7-6-15-34-21/h6-13,15-16,25H,2-5,14,17H2,1H3. The monoisotopic (exact) mass is 491 g/mol. The van der Waals surface area contributed by atoms with Crippen molar-refractivity contribution < 1.29 is 18.4 Å². The summed E-state index contributed by atoms with van der Waals surface area (Å²) in [7, 11) is 0. The lowest BCUT2D eigenvalue weighted by molar-refractivity contribution is 0.0701. The number of carbonyl (C=O) groups excluding carboxylic acids is 1. The molecule has 1 atom stereocenters. The molecule has 1 aliphatic rings. The van der Waals surface area contributed by atoms with Crippen LogP contribution < -0.4 is 10.2 Å². The van der Waals surface area contributed by atoms with Crippen molar-refractivity contribution in [3.8, 4) is 5.75 Å². The van der Waals surface area contributed by atoms with Crippen LogP contribution >= 0.6 is 11.6 Å². The molecule has 5 rings (SSSR count). The first-order valence-corrected chi connectivity index (χ1v) is 12.3. The third-order valence-electron chi connectivity index (χ3n) is 6.30. The molecule has 0 N–H and O–H groups in total. The second kappa shape index (κ2) is 10.0. The van der Waals surface area contributed by atoms with Crippen molar-refractivity contribution in [2.75, 3.05) is 6.61 Å². The minimum Gasteiger partial charge on any atom is -0.494 e. The number of unbranched alkanes of at least 4 members (excludes halogenated alkanes) is 3. The molecule has 180 valence electrons. The van der Waals surface area contributed by atoms with Crippen LogP contribution in [0.1, 0.15) is 66.1 Å². The summed E-state index contributed by atoms with van der Waals surface area (Å²) in [6, 6.07) is 15.3. The van der Waals surface area contributed by atoms with E-state index < -0.39 is 6.04 Å². The van der Waals surface area contributed by atoms with Crippen molar-refractivity contribution in [1.29, 1.82) is 0 Å². The molecule has 0 radical (unpaired) electrons. The summed E-state index contributed by atoms with van der Waals surface area (Å²) < 4.78 is 17.3. The van der Waals surface area contributed by atoms with Gasteiger partial charge in [0.25, 0.3) is 5.91 Å². The maximum Gasteiger partial charge on any atom is 0.291 e. The van der Waals surface area contributed by atoms with Crippen molar-refractivity contribution >= 4 is 28.5 Å². The van der Waals surface area contributed by atoms with Gasteiger partial charge in [0.05, 0.1) is 36.4 Å². The molecule has 0 saturated heterocycles. The van der Waals surface area contributed by atoms with E-state index in [0.29, 0.717) is 33.9 Å². The van der Waals surface area contributed by atoms with Gasteiger partial charge in [-0.2, -0.15) is 0 Å². The van der Waals surface area contributed by atoms with Crippen molar-refractivity contribution in [2.45, 2.75) is 45.2 Å². The molecule has 7 heteroatoms. The molecular weight excluding hydrogens is 466 g/mol. The number of benzene rings is 2.